The molecular weight excluding hydrogens is 350 g/mol. The predicted octanol–water partition coefficient (Wildman–Crippen LogP) is 2.17. The van der Waals surface area contributed by atoms with Crippen LogP contribution < -0.4 is 5.32 Å². The van der Waals surface area contributed by atoms with Crippen LogP contribution >= 0.6 is 0 Å². The minimum Gasteiger partial charge on any atom is -0.352 e. The Morgan fingerprint density at radius 1 is 1.15 bits per heavy atom. The lowest BCUT2D eigenvalue weighted by Crippen LogP contribution is -2.41. The van der Waals surface area contributed by atoms with E-state index >= 15 is 0 Å². The summed E-state index contributed by atoms with van der Waals surface area (Å²) in [4.78, 5) is 15.8. The normalized spacial score (nSPS) is 17.5. The predicted molar refractivity (Wildman–Crippen MR) is 98.9 cm³/mol. The molecule has 2 aromatic rings. The summed E-state index contributed by atoms with van der Waals surface area (Å²) in [5, 5.41) is 2.86. The van der Waals surface area contributed by atoms with Gasteiger partial charge in [0.1, 0.15) is 0 Å². The Morgan fingerprint density at radius 2 is 1.88 bits per heavy atom. The first-order valence-electron chi connectivity index (χ1n) is 8.62. The van der Waals surface area contributed by atoms with E-state index in [1.165, 1.54) is 4.31 Å². The number of aryl methyl sites for hydroxylation is 2. The molecule has 1 aliphatic heterocycles. The molecule has 0 saturated carbocycles. The van der Waals surface area contributed by atoms with Crippen LogP contribution in [0.3, 0.4) is 0 Å². The second-order valence-corrected chi connectivity index (χ2v) is 8.64. The standard InChI is InChI=1S/C19H23N3O3S/c1-14-3-5-18(11-15(14)2)26(24,25)22(12-16-7-9-20-10-8-16)13-17-4-6-19(23)21-17/h3,5,7-11,17H,4,6,12-13H2,1-2H3,(H,21,23)/t17-/m0/s1. The number of amides is 1. The molecule has 1 aromatic carbocycles. The Balaban J connectivity index is 1.92. The Labute approximate surface area is 154 Å². The summed E-state index contributed by atoms with van der Waals surface area (Å²) in [5.74, 6) is -0.0255. The molecule has 1 N–H and O–H groups in total. The highest BCUT2D eigenvalue weighted by atomic mass is 32.2. The van der Waals surface area contributed by atoms with Crippen LogP contribution in [0.15, 0.2) is 47.6 Å². The van der Waals surface area contributed by atoms with Crippen LogP contribution in [0, 0.1) is 13.8 Å². The van der Waals surface area contributed by atoms with E-state index < -0.39 is 10.0 Å². The topological polar surface area (TPSA) is 79.4 Å². The molecule has 1 fully saturated rings. The van der Waals surface area contributed by atoms with Crippen LogP contribution in [0.2, 0.25) is 0 Å². The number of pyridine rings is 1. The average Bonchev–Trinajstić information content (AvgIpc) is 3.02. The number of rotatable bonds is 6. The zero-order valence-corrected chi connectivity index (χ0v) is 15.8. The second kappa shape index (κ2) is 7.55. The highest BCUT2D eigenvalue weighted by Gasteiger charge is 2.30. The van der Waals surface area contributed by atoms with Crippen molar-refractivity contribution in [1.82, 2.24) is 14.6 Å². The highest BCUT2D eigenvalue weighted by molar-refractivity contribution is 7.89. The fourth-order valence-electron chi connectivity index (χ4n) is 3.02. The van der Waals surface area contributed by atoms with Crippen molar-refractivity contribution in [2.45, 2.75) is 44.2 Å². The summed E-state index contributed by atoms with van der Waals surface area (Å²) >= 11 is 0. The van der Waals surface area contributed by atoms with Crippen LogP contribution in [0.4, 0.5) is 0 Å². The lowest BCUT2D eigenvalue weighted by molar-refractivity contribution is -0.119. The zero-order chi connectivity index (χ0) is 18.7. The van der Waals surface area contributed by atoms with Gasteiger partial charge in [0.15, 0.2) is 0 Å². The molecule has 1 aromatic heterocycles. The summed E-state index contributed by atoms with van der Waals surface area (Å²) in [6.07, 6.45) is 4.38. The van der Waals surface area contributed by atoms with Gasteiger partial charge in [-0.2, -0.15) is 4.31 Å². The number of hydrogen-bond donors (Lipinski definition) is 1. The Morgan fingerprint density at radius 3 is 2.50 bits per heavy atom. The van der Waals surface area contributed by atoms with E-state index in [4.69, 9.17) is 0 Å². The molecule has 1 amide bonds. The highest BCUT2D eigenvalue weighted by Crippen LogP contribution is 2.22. The molecule has 138 valence electrons. The first-order valence-corrected chi connectivity index (χ1v) is 10.1. The van der Waals surface area contributed by atoms with E-state index in [2.05, 4.69) is 10.3 Å². The van der Waals surface area contributed by atoms with Crippen molar-refractivity contribution in [2.75, 3.05) is 6.54 Å². The van der Waals surface area contributed by atoms with Crippen LogP contribution in [0.25, 0.3) is 0 Å². The Kier molecular flexibility index (Phi) is 5.38. The van der Waals surface area contributed by atoms with Crippen molar-refractivity contribution < 1.29 is 13.2 Å². The first-order chi connectivity index (χ1) is 12.4. The number of carbonyl (C=O) groups excluding carboxylic acids is 1. The molecule has 0 spiro atoms. The molecule has 3 rings (SSSR count). The largest absolute Gasteiger partial charge is 0.352 e. The fourth-order valence-corrected chi connectivity index (χ4v) is 4.58. The number of benzene rings is 1. The van der Waals surface area contributed by atoms with Gasteiger partial charge in [0, 0.05) is 37.9 Å². The molecule has 7 heteroatoms. The molecule has 0 unspecified atom stereocenters. The maximum atomic E-state index is 13.3. The minimum absolute atomic E-state index is 0.0255. The van der Waals surface area contributed by atoms with Crippen molar-refractivity contribution in [3.05, 3.63) is 59.4 Å². The summed E-state index contributed by atoms with van der Waals surface area (Å²) in [5.41, 5.74) is 2.84. The van der Waals surface area contributed by atoms with Crippen molar-refractivity contribution in [1.29, 1.82) is 0 Å². The third-order valence-corrected chi connectivity index (χ3v) is 6.54. The van der Waals surface area contributed by atoms with Crippen LogP contribution in [0.1, 0.15) is 29.5 Å². The van der Waals surface area contributed by atoms with E-state index in [-0.39, 0.29) is 29.9 Å². The summed E-state index contributed by atoms with van der Waals surface area (Å²) in [6.45, 7) is 4.35. The van der Waals surface area contributed by atoms with Gasteiger partial charge < -0.3 is 5.32 Å². The maximum absolute atomic E-state index is 13.3. The van der Waals surface area contributed by atoms with E-state index in [0.29, 0.717) is 12.8 Å². The van der Waals surface area contributed by atoms with Crippen molar-refractivity contribution >= 4 is 15.9 Å². The molecule has 1 atom stereocenters. The quantitative estimate of drug-likeness (QED) is 0.842. The molecule has 1 saturated heterocycles. The van der Waals surface area contributed by atoms with Gasteiger partial charge in [-0.05, 0) is 61.2 Å². The van der Waals surface area contributed by atoms with Gasteiger partial charge in [0.2, 0.25) is 15.9 Å². The van der Waals surface area contributed by atoms with E-state index in [1.807, 2.05) is 19.9 Å². The average molecular weight is 373 g/mol. The Hall–Kier alpha value is -2.25. The number of sulfonamides is 1. The lowest BCUT2D eigenvalue weighted by atomic mass is 10.1. The van der Waals surface area contributed by atoms with Crippen molar-refractivity contribution in [3.8, 4) is 0 Å². The summed E-state index contributed by atoms with van der Waals surface area (Å²) in [6, 6.07) is 8.61. The Bertz CT molecular complexity index is 898. The molecule has 26 heavy (non-hydrogen) atoms. The second-order valence-electron chi connectivity index (χ2n) is 6.70. The van der Waals surface area contributed by atoms with Gasteiger partial charge in [0.05, 0.1) is 4.90 Å². The van der Waals surface area contributed by atoms with Gasteiger partial charge >= 0.3 is 0 Å². The van der Waals surface area contributed by atoms with Gasteiger partial charge in [-0.3, -0.25) is 9.78 Å². The molecule has 0 aliphatic carbocycles. The van der Waals surface area contributed by atoms with E-state index in [1.54, 1.807) is 36.7 Å². The SMILES string of the molecule is Cc1ccc(S(=O)(=O)N(Cc2ccncc2)C[C@@H]2CCC(=O)N2)cc1C. The zero-order valence-electron chi connectivity index (χ0n) is 15.0. The van der Waals surface area contributed by atoms with Gasteiger partial charge in [0.25, 0.3) is 0 Å². The fraction of sp³-hybridized carbons (Fsp3) is 0.368. The molecule has 0 radical (unpaired) electrons. The van der Waals surface area contributed by atoms with Gasteiger partial charge in [-0.1, -0.05) is 6.07 Å². The number of nitrogens with zero attached hydrogens (tertiary/aromatic N) is 2. The number of nitrogens with one attached hydrogen (secondary N) is 1. The number of aromatic nitrogens is 1. The van der Waals surface area contributed by atoms with Crippen LogP contribution in [-0.2, 0) is 21.4 Å². The van der Waals surface area contributed by atoms with E-state index in [9.17, 15) is 13.2 Å². The summed E-state index contributed by atoms with van der Waals surface area (Å²) < 4.78 is 28.0. The molecule has 2 heterocycles. The molecular formula is C19H23N3O3S. The van der Waals surface area contributed by atoms with Crippen LogP contribution in [-0.4, -0.2) is 36.2 Å². The monoisotopic (exact) mass is 373 g/mol. The smallest absolute Gasteiger partial charge is 0.243 e. The molecule has 6 nitrogen and oxygen atoms in total. The van der Waals surface area contributed by atoms with Crippen molar-refractivity contribution in [2.24, 2.45) is 0 Å². The number of hydrogen-bond acceptors (Lipinski definition) is 4. The maximum Gasteiger partial charge on any atom is 0.243 e. The first kappa shape index (κ1) is 18.5. The summed E-state index contributed by atoms with van der Waals surface area (Å²) in [7, 11) is -3.68. The molecule has 1 aliphatic rings. The van der Waals surface area contributed by atoms with Crippen molar-refractivity contribution in [3.63, 3.8) is 0 Å². The minimum atomic E-state index is -3.68. The van der Waals surface area contributed by atoms with Gasteiger partial charge in [-0.25, -0.2) is 8.42 Å². The number of carbonyl (C=O) groups is 1. The third kappa shape index (κ3) is 4.11. The third-order valence-electron chi connectivity index (χ3n) is 4.73. The van der Waals surface area contributed by atoms with Gasteiger partial charge in [-0.15, -0.1) is 0 Å². The lowest BCUT2D eigenvalue weighted by Gasteiger charge is -2.25. The van der Waals surface area contributed by atoms with Crippen LogP contribution in [0.5, 0.6) is 0 Å². The van der Waals surface area contributed by atoms with E-state index in [0.717, 1.165) is 16.7 Å². The molecule has 0 bridgehead atoms.